The fourth-order valence-corrected chi connectivity index (χ4v) is 5.26. The fraction of sp³-hybridized carbons (Fsp3) is 0.143. The first kappa shape index (κ1) is 25.5. The van der Waals surface area contributed by atoms with E-state index < -0.39 is 9.85 Å². The number of ether oxygens (including phenoxy) is 1. The van der Waals surface area contributed by atoms with Gasteiger partial charge in [-0.2, -0.15) is 0 Å². The molecule has 0 unspecified atom stereocenters. The molecule has 38 heavy (non-hydrogen) atoms. The second-order valence-electron chi connectivity index (χ2n) is 8.86. The second kappa shape index (κ2) is 10.7. The van der Waals surface area contributed by atoms with Crippen LogP contribution in [0, 0.1) is 20.2 Å². The van der Waals surface area contributed by atoms with Crippen molar-refractivity contribution in [2.75, 3.05) is 4.90 Å². The predicted molar refractivity (Wildman–Crippen MR) is 146 cm³/mol. The first-order valence-corrected chi connectivity index (χ1v) is 12.6. The van der Waals surface area contributed by atoms with Crippen molar-refractivity contribution in [2.45, 2.75) is 24.9 Å². The largest absolute Gasteiger partial charge is 0.457 e. The number of nitro benzene ring substituents is 2. The summed E-state index contributed by atoms with van der Waals surface area (Å²) in [5, 5.41) is 23.3. The molecule has 8 nitrogen and oxygen atoms in total. The van der Waals surface area contributed by atoms with Crippen molar-refractivity contribution in [3.05, 3.63) is 132 Å². The lowest BCUT2D eigenvalue weighted by Crippen LogP contribution is -2.26. The Bertz CT molecular complexity index is 1430. The molecule has 0 amide bonds. The van der Waals surface area contributed by atoms with E-state index in [2.05, 4.69) is 4.90 Å². The zero-order valence-electron chi connectivity index (χ0n) is 19.9. The predicted octanol–water partition coefficient (Wildman–Crippen LogP) is 8.68. The van der Waals surface area contributed by atoms with Gasteiger partial charge in [-0.05, 0) is 72.5 Å². The molecule has 0 aromatic heterocycles. The van der Waals surface area contributed by atoms with E-state index in [1.165, 1.54) is 24.3 Å². The van der Waals surface area contributed by atoms with Gasteiger partial charge in [0, 0.05) is 17.8 Å². The summed E-state index contributed by atoms with van der Waals surface area (Å²) in [4.78, 5) is 24.3. The third-order valence-corrected chi connectivity index (χ3v) is 7.24. The number of para-hydroxylation sites is 1. The summed E-state index contributed by atoms with van der Waals surface area (Å²) in [7, 11) is 0. The lowest BCUT2D eigenvalue weighted by atomic mass is 10.0. The summed E-state index contributed by atoms with van der Waals surface area (Å²) in [6.07, 6.45) is 1.34. The van der Waals surface area contributed by atoms with Gasteiger partial charge in [0.05, 0.1) is 21.9 Å². The van der Waals surface area contributed by atoms with Crippen LogP contribution in [-0.2, 0) is 0 Å². The molecule has 0 saturated carbocycles. The molecular weight excluding hydrogens is 529 g/mol. The van der Waals surface area contributed by atoms with Crippen molar-refractivity contribution in [1.82, 2.24) is 0 Å². The van der Waals surface area contributed by atoms with Crippen LogP contribution in [0.4, 0.5) is 17.1 Å². The SMILES string of the molecule is O=[N+]([O-])c1cc([C@H]2CC[C@H](c3ccc(Cl)c([N+](=O)[O-])c3)N2c2ccc(Oc3ccccc3)cc2)ccc1Cl. The molecule has 1 heterocycles. The maximum Gasteiger partial charge on any atom is 0.288 e. The molecule has 5 rings (SSSR count). The smallest absolute Gasteiger partial charge is 0.288 e. The van der Waals surface area contributed by atoms with Gasteiger partial charge in [0.2, 0.25) is 0 Å². The molecule has 1 aliphatic rings. The Kier molecular flexibility index (Phi) is 7.18. The van der Waals surface area contributed by atoms with Crippen LogP contribution in [0.5, 0.6) is 11.5 Å². The fourth-order valence-electron chi connectivity index (χ4n) is 4.89. The molecule has 0 radical (unpaired) electrons. The molecule has 4 aromatic carbocycles. The zero-order chi connectivity index (χ0) is 26.8. The van der Waals surface area contributed by atoms with E-state index in [-0.39, 0.29) is 33.5 Å². The molecule has 0 spiro atoms. The number of halogens is 2. The normalized spacial score (nSPS) is 16.8. The van der Waals surface area contributed by atoms with Gasteiger partial charge in [0.1, 0.15) is 21.5 Å². The Morgan fingerprint density at radius 2 is 1.16 bits per heavy atom. The minimum Gasteiger partial charge on any atom is -0.457 e. The van der Waals surface area contributed by atoms with Crippen molar-refractivity contribution in [2.24, 2.45) is 0 Å². The van der Waals surface area contributed by atoms with E-state index in [4.69, 9.17) is 27.9 Å². The molecular formula is C28H21Cl2N3O5. The lowest BCUT2D eigenvalue weighted by Gasteiger charge is -2.33. The Morgan fingerprint density at radius 3 is 1.63 bits per heavy atom. The van der Waals surface area contributed by atoms with Gasteiger partial charge in [-0.25, -0.2) is 0 Å². The first-order valence-electron chi connectivity index (χ1n) is 11.8. The number of nitro groups is 2. The van der Waals surface area contributed by atoms with Crippen LogP contribution < -0.4 is 9.64 Å². The quantitative estimate of drug-likeness (QED) is 0.169. The van der Waals surface area contributed by atoms with Crippen molar-refractivity contribution in [3.8, 4) is 11.5 Å². The van der Waals surface area contributed by atoms with Gasteiger partial charge in [-0.1, -0.05) is 53.5 Å². The summed E-state index contributed by atoms with van der Waals surface area (Å²) in [6, 6.07) is 26.1. The number of nitrogens with zero attached hydrogens (tertiary/aromatic N) is 3. The Morgan fingerprint density at radius 1 is 0.684 bits per heavy atom. The Balaban J connectivity index is 1.55. The molecule has 0 N–H and O–H groups in total. The minimum atomic E-state index is -0.499. The highest BCUT2D eigenvalue weighted by atomic mass is 35.5. The van der Waals surface area contributed by atoms with Gasteiger partial charge in [-0.3, -0.25) is 20.2 Å². The highest BCUT2D eigenvalue weighted by Gasteiger charge is 2.37. The Hall–Kier alpha value is -4.14. The van der Waals surface area contributed by atoms with E-state index in [1.807, 2.05) is 54.6 Å². The molecule has 1 aliphatic heterocycles. The zero-order valence-corrected chi connectivity index (χ0v) is 21.4. The van der Waals surface area contributed by atoms with Crippen LogP contribution in [0.3, 0.4) is 0 Å². The summed E-state index contributed by atoms with van der Waals surface area (Å²) < 4.78 is 5.93. The number of hydrogen-bond acceptors (Lipinski definition) is 6. The Labute approximate surface area is 228 Å². The van der Waals surface area contributed by atoms with Gasteiger partial charge in [-0.15, -0.1) is 0 Å². The van der Waals surface area contributed by atoms with Gasteiger partial charge in [0.25, 0.3) is 11.4 Å². The van der Waals surface area contributed by atoms with E-state index >= 15 is 0 Å². The molecule has 1 fully saturated rings. The highest BCUT2D eigenvalue weighted by molar-refractivity contribution is 6.33. The minimum absolute atomic E-state index is 0.0654. The average Bonchev–Trinajstić information content (AvgIpc) is 3.35. The molecule has 2 atom stereocenters. The maximum atomic E-state index is 11.6. The lowest BCUT2D eigenvalue weighted by molar-refractivity contribution is -0.384. The van der Waals surface area contributed by atoms with Crippen LogP contribution in [0.25, 0.3) is 0 Å². The van der Waals surface area contributed by atoms with Crippen LogP contribution in [0.2, 0.25) is 10.0 Å². The highest BCUT2D eigenvalue weighted by Crippen LogP contribution is 2.48. The van der Waals surface area contributed by atoms with Gasteiger partial charge >= 0.3 is 0 Å². The molecule has 4 aromatic rings. The van der Waals surface area contributed by atoms with E-state index in [0.717, 1.165) is 16.8 Å². The standard InChI is InChI=1S/C28H21Cl2N3O5/c29-23-12-6-18(16-27(23)32(34)35)25-14-15-26(19-7-13-24(30)28(17-19)33(36)37)31(25)20-8-10-22(11-9-20)38-21-4-2-1-3-5-21/h1-13,16-17,25-26H,14-15H2/t25-,26-/m1/s1. The van der Waals surface area contributed by atoms with Crippen LogP contribution in [0.1, 0.15) is 36.1 Å². The molecule has 1 saturated heterocycles. The number of benzene rings is 4. The first-order chi connectivity index (χ1) is 18.3. The monoisotopic (exact) mass is 549 g/mol. The summed E-state index contributed by atoms with van der Waals surface area (Å²) >= 11 is 12.2. The van der Waals surface area contributed by atoms with Crippen molar-refractivity contribution in [3.63, 3.8) is 0 Å². The van der Waals surface area contributed by atoms with Crippen molar-refractivity contribution < 1.29 is 14.6 Å². The van der Waals surface area contributed by atoms with Crippen molar-refractivity contribution in [1.29, 1.82) is 0 Å². The second-order valence-corrected chi connectivity index (χ2v) is 9.68. The average molecular weight is 550 g/mol. The number of rotatable bonds is 7. The van der Waals surface area contributed by atoms with Crippen LogP contribution in [-0.4, -0.2) is 9.85 Å². The van der Waals surface area contributed by atoms with E-state index in [9.17, 15) is 20.2 Å². The topological polar surface area (TPSA) is 98.8 Å². The number of anilines is 1. The molecule has 10 heteroatoms. The summed E-state index contributed by atoms with van der Waals surface area (Å²) in [5.41, 5.74) is 1.98. The third-order valence-electron chi connectivity index (χ3n) is 6.60. The third kappa shape index (κ3) is 5.14. The van der Waals surface area contributed by atoms with E-state index in [0.29, 0.717) is 24.3 Å². The van der Waals surface area contributed by atoms with Gasteiger partial charge < -0.3 is 9.64 Å². The van der Waals surface area contributed by atoms with E-state index in [1.54, 1.807) is 12.1 Å². The summed E-state index contributed by atoms with van der Waals surface area (Å²) in [5.74, 6) is 1.36. The molecule has 0 bridgehead atoms. The molecule has 0 aliphatic carbocycles. The number of hydrogen-bond donors (Lipinski definition) is 0. The van der Waals surface area contributed by atoms with Gasteiger partial charge in [0.15, 0.2) is 0 Å². The molecule has 192 valence electrons. The van der Waals surface area contributed by atoms with Crippen LogP contribution >= 0.6 is 23.2 Å². The van der Waals surface area contributed by atoms with Crippen LogP contribution in [0.15, 0.2) is 91.0 Å². The maximum absolute atomic E-state index is 11.6. The summed E-state index contributed by atoms with van der Waals surface area (Å²) in [6.45, 7) is 0. The van der Waals surface area contributed by atoms with Crippen molar-refractivity contribution >= 4 is 40.3 Å².